The fraction of sp³-hybridized carbons (Fsp3) is 0.667. The van der Waals surface area contributed by atoms with Gasteiger partial charge in [0.1, 0.15) is 6.54 Å². The Hall–Kier alpha value is -1.04. The maximum atomic E-state index is 10.9. The van der Waals surface area contributed by atoms with Crippen molar-refractivity contribution in [2.75, 3.05) is 19.6 Å². The number of amides is 1. The minimum absolute atomic E-state index is 0.0149. The summed E-state index contributed by atoms with van der Waals surface area (Å²) < 4.78 is 0. The summed E-state index contributed by atoms with van der Waals surface area (Å²) >= 11 is 0. The predicted octanol–water partition coefficient (Wildman–Crippen LogP) is -1.23. The van der Waals surface area contributed by atoms with E-state index in [9.17, 15) is 9.59 Å². The van der Waals surface area contributed by atoms with Gasteiger partial charge in [-0.1, -0.05) is 0 Å². The smallest absolute Gasteiger partial charge is 0.323 e. The van der Waals surface area contributed by atoms with Crippen LogP contribution in [-0.2, 0) is 9.59 Å². The summed E-state index contributed by atoms with van der Waals surface area (Å²) in [5, 5.41) is 8.36. The van der Waals surface area contributed by atoms with Crippen molar-refractivity contribution in [1.29, 1.82) is 0 Å². The van der Waals surface area contributed by atoms with Crippen molar-refractivity contribution in [3.05, 3.63) is 0 Å². The lowest BCUT2D eigenvalue weighted by molar-refractivity contribution is -0.143. The van der Waals surface area contributed by atoms with Crippen LogP contribution >= 0.6 is 0 Å². The van der Waals surface area contributed by atoms with Crippen molar-refractivity contribution in [2.24, 2.45) is 0 Å². The number of aliphatic carboxylic acids is 1. The summed E-state index contributed by atoms with van der Waals surface area (Å²) in [6, 6.07) is 0. The van der Waals surface area contributed by atoms with E-state index < -0.39 is 11.9 Å². The molecule has 0 saturated heterocycles. The minimum Gasteiger partial charge on any atom is -0.480 e. The first kappa shape index (κ1) is 11.0. The lowest BCUT2D eigenvalue weighted by Gasteiger charge is -2.18. The highest BCUT2D eigenvalue weighted by Gasteiger charge is 2.13. The molecule has 3 radical (unpaired) electrons. The van der Waals surface area contributed by atoms with Crippen molar-refractivity contribution >= 4 is 19.7 Å². The Labute approximate surface area is 71.9 Å². The maximum Gasteiger partial charge on any atom is 0.323 e. The zero-order chi connectivity index (χ0) is 9.56. The third kappa shape index (κ3) is 3.97. The Balaban J connectivity index is 4.02. The van der Waals surface area contributed by atoms with Crippen LogP contribution in [0.4, 0.5) is 0 Å². The molecule has 0 spiro atoms. The van der Waals surface area contributed by atoms with Crippen LogP contribution in [0.15, 0.2) is 0 Å². The monoisotopic (exact) mass is 169 g/mol. The lowest BCUT2D eigenvalue weighted by Crippen LogP contribution is -2.37. The number of carbonyl (C=O) groups is 2. The Kier molecular flexibility index (Phi) is 5.11. The normalized spacial score (nSPS) is 9.42. The van der Waals surface area contributed by atoms with Crippen LogP contribution in [0.1, 0.15) is 0 Å². The molecule has 12 heavy (non-hydrogen) atoms. The number of carboxylic acid groups (broad SMARTS) is 1. The van der Waals surface area contributed by atoms with E-state index in [-0.39, 0.29) is 26.0 Å². The molecular formula is C6H10BN2O3. The topological polar surface area (TPSA) is 81.4 Å². The van der Waals surface area contributed by atoms with Gasteiger partial charge in [-0.05, 0) is 6.32 Å². The molecular weight excluding hydrogens is 159 g/mol. The van der Waals surface area contributed by atoms with Gasteiger partial charge in [-0.3, -0.25) is 15.3 Å². The van der Waals surface area contributed by atoms with E-state index in [4.69, 9.17) is 18.7 Å². The number of carbonyl (C=O) groups excluding carboxylic acids is 1. The molecule has 0 saturated carbocycles. The Bertz CT molecular complexity index is 174. The second-order valence-electron chi connectivity index (χ2n) is 2.16. The highest BCUT2D eigenvalue weighted by Crippen LogP contribution is 1.91. The predicted molar refractivity (Wildman–Crippen MR) is 42.7 cm³/mol. The van der Waals surface area contributed by atoms with E-state index in [1.165, 1.54) is 0 Å². The molecule has 0 bridgehead atoms. The van der Waals surface area contributed by atoms with Crippen molar-refractivity contribution in [1.82, 2.24) is 10.6 Å². The Morgan fingerprint density at radius 1 is 1.50 bits per heavy atom. The standard InChI is InChI=1S/C6H10BN2O3/c7-3-5(10)9(2-1-8)4-6(11)12/h8H,1-4H2,(H,11,12). The van der Waals surface area contributed by atoms with Gasteiger partial charge in [0, 0.05) is 13.1 Å². The summed E-state index contributed by atoms with van der Waals surface area (Å²) in [4.78, 5) is 22.2. The second-order valence-corrected chi connectivity index (χ2v) is 2.16. The third-order valence-corrected chi connectivity index (χ3v) is 1.24. The molecule has 0 fully saturated rings. The largest absolute Gasteiger partial charge is 0.480 e. The van der Waals surface area contributed by atoms with Crippen LogP contribution in [0.25, 0.3) is 0 Å². The molecule has 0 heterocycles. The molecule has 0 aliphatic heterocycles. The highest BCUT2D eigenvalue weighted by molar-refractivity contribution is 6.19. The number of nitrogens with zero attached hydrogens (tertiary/aromatic N) is 1. The minimum atomic E-state index is -1.09. The molecule has 0 aliphatic carbocycles. The molecule has 0 aromatic carbocycles. The van der Waals surface area contributed by atoms with Crippen LogP contribution in [0.3, 0.4) is 0 Å². The van der Waals surface area contributed by atoms with Gasteiger partial charge >= 0.3 is 5.97 Å². The number of rotatable bonds is 5. The molecule has 6 heteroatoms. The van der Waals surface area contributed by atoms with Gasteiger partial charge in [-0.25, -0.2) is 0 Å². The summed E-state index contributed by atoms with van der Waals surface area (Å²) in [6.45, 7) is -0.281. The zero-order valence-electron chi connectivity index (χ0n) is 6.62. The van der Waals surface area contributed by atoms with Gasteiger partial charge in [0.15, 0.2) is 0 Å². The van der Waals surface area contributed by atoms with Gasteiger partial charge in [0.2, 0.25) is 5.91 Å². The molecule has 0 aromatic heterocycles. The van der Waals surface area contributed by atoms with Gasteiger partial charge in [-0.15, -0.1) is 0 Å². The number of hydrogen-bond donors (Lipinski definition) is 1. The molecule has 0 unspecified atom stereocenters. The van der Waals surface area contributed by atoms with E-state index in [1.54, 1.807) is 0 Å². The van der Waals surface area contributed by atoms with Crippen LogP contribution in [0.5, 0.6) is 0 Å². The second kappa shape index (κ2) is 5.59. The average Bonchev–Trinajstić information content (AvgIpc) is 2.01. The van der Waals surface area contributed by atoms with Crippen molar-refractivity contribution in [3.8, 4) is 0 Å². The summed E-state index contributed by atoms with van der Waals surface area (Å²) in [6.07, 6.45) is -0.215. The zero-order valence-corrected chi connectivity index (χ0v) is 6.62. The first-order valence-corrected chi connectivity index (χ1v) is 3.46. The molecule has 1 amide bonds. The molecule has 5 nitrogen and oxygen atoms in total. The third-order valence-electron chi connectivity index (χ3n) is 1.24. The first-order valence-electron chi connectivity index (χ1n) is 3.46. The maximum absolute atomic E-state index is 10.9. The van der Waals surface area contributed by atoms with E-state index in [1.807, 2.05) is 0 Å². The van der Waals surface area contributed by atoms with Crippen molar-refractivity contribution in [2.45, 2.75) is 6.32 Å². The number of hydrogen-bond acceptors (Lipinski definition) is 2. The Morgan fingerprint density at radius 3 is 2.42 bits per heavy atom. The number of nitrogens with one attached hydrogen (secondary N) is 1. The van der Waals surface area contributed by atoms with Gasteiger partial charge in [0.25, 0.3) is 0 Å². The SMILES string of the molecule is [B]CC(=O)N(CC[NH])CC(=O)O. The summed E-state index contributed by atoms with van der Waals surface area (Å²) in [7, 11) is 5.03. The fourth-order valence-electron chi connectivity index (χ4n) is 0.719. The summed E-state index contributed by atoms with van der Waals surface area (Å²) in [5.74, 6) is -1.53. The van der Waals surface area contributed by atoms with E-state index >= 15 is 0 Å². The molecule has 0 rings (SSSR count). The van der Waals surface area contributed by atoms with Crippen LogP contribution in [0, 0.1) is 0 Å². The quantitative estimate of drug-likeness (QED) is 0.523. The molecule has 2 N–H and O–H groups in total. The van der Waals surface area contributed by atoms with E-state index in [0.717, 1.165) is 4.90 Å². The van der Waals surface area contributed by atoms with Gasteiger partial charge < -0.3 is 10.0 Å². The molecule has 0 atom stereocenters. The van der Waals surface area contributed by atoms with Crippen molar-refractivity contribution in [3.63, 3.8) is 0 Å². The highest BCUT2D eigenvalue weighted by atomic mass is 16.4. The van der Waals surface area contributed by atoms with Crippen molar-refractivity contribution < 1.29 is 14.7 Å². The molecule has 65 valence electrons. The van der Waals surface area contributed by atoms with Crippen LogP contribution in [-0.4, -0.2) is 49.4 Å². The summed E-state index contributed by atoms with van der Waals surface area (Å²) in [5.41, 5.74) is 6.82. The first-order chi connectivity index (χ1) is 5.61. The van der Waals surface area contributed by atoms with E-state index in [0.29, 0.717) is 0 Å². The van der Waals surface area contributed by atoms with Crippen LogP contribution < -0.4 is 5.73 Å². The average molecular weight is 169 g/mol. The number of carboxylic acids is 1. The fourth-order valence-corrected chi connectivity index (χ4v) is 0.719. The molecule has 0 aromatic rings. The molecule has 0 aliphatic rings. The van der Waals surface area contributed by atoms with E-state index in [2.05, 4.69) is 0 Å². The van der Waals surface area contributed by atoms with Crippen LogP contribution in [0.2, 0.25) is 6.32 Å². The van der Waals surface area contributed by atoms with Gasteiger partial charge in [0.05, 0.1) is 7.85 Å². The van der Waals surface area contributed by atoms with Gasteiger partial charge in [-0.2, -0.15) is 0 Å². The lowest BCUT2D eigenvalue weighted by atomic mass is 10.0. The Morgan fingerprint density at radius 2 is 2.08 bits per heavy atom.